The average molecular weight is 261 g/mol. The molecule has 1 saturated heterocycles. The van der Waals surface area contributed by atoms with Gasteiger partial charge in [0.2, 0.25) is 0 Å². The second kappa shape index (κ2) is 7.13. The number of benzene rings is 1. The molecule has 0 radical (unpaired) electrons. The second-order valence-corrected chi connectivity index (χ2v) is 4.38. The summed E-state index contributed by atoms with van der Waals surface area (Å²) in [4.78, 5) is 2.46. The third-order valence-corrected chi connectivity index (χ3v) is 3.15. The minimum Gasteiger partial charge on any atom is -0.315 e. The van der Waals surface area contributed by atoms with E-state index in [9.17, 15) is 0 Å². The molecule has 90 valence electrons. The van der Waals surface area contributed by atoms with Crippen LogP contribution in [0.15, 0.2) is 24.3 Å². The zero-order valence-electron chi connectivity index (χ0n) is 9.29. The van der Waals surface area contributed by atoms with Gasteiger partial charge in [0, 0.05) is 24.7 Å². The summed E-state index contributed by atoms with van der Waals surface area (Å²) in [5.41, 5.74) is 1.24. The predicted molar refractivity (Wildman–Crippen MR) is 71.5 cm³/mol. The Bertz CT molecular complexity index is 310. The zero-order chi connectivity index (χ0) is 10.5. The first-order valence-corrected chi connectivity index (χ1v) is 5.90. The molecule has 1 aromatic rings. The molecule has 1 aromatic carbocycles. The van der Waals surface area contributed by atoms with Crippen molar-refractivity contribution >= 4 is 24.0 Å². The van der Waals surface area contributed by atoms with Gasteiger partial charge in [0.05, 0.1) is 0 Å². The van der Waals surface area contributed by atoms with Crippen molar-refractivity contribution < 1.29 is 0 Å². The standard InChI is InChI=1S/C12H17ClN2.ClH/c13-12-5-2-1-4-11(12)10-15-8-3-6-14-7-9-15;/h1-2,4-5,14H,3,6-10H2;1H. The quantitative estimate of drug-likeness (QED) is 0.880. The molecule has 2 nitrogen and oxygen atoms in total. The number of rotatable bonds is 2. The van der Waals surface area contributed by atoms with Crippen LogP contribution in [-0.4, -0.2) is 31.1 Å². The van der Waals surface area contributed by atoms with Crippen LogP contribution in [0, 0.1) is 0 Å². The Morgan fingerprint density at radius 3 is 2.81 bits per heavy atom. The summed E-state index contributed by atoms with van der Waals surface area (Å²) in [6, 6.07) is 8.11. The summed E-state index contributed by atoms with van der Waals surface area (Å²) in [5, 5.41) is 4.29. The third-order valence-electron chi connectivity index (χ3n) is 2.78. The highest BCUT2D eigenvalue weighted by Crippen LogP contribution is 2.17. The van der Waals surface area contributed by atoms with Gasteiger partial charge in [0.1, 0.15) is 0 Å². The van der Waals surface area contributed by atoms with E-state index in [4.69, 9.17) is 11.6 Å². The molecule has 16 heavy (non-hydrogen) atoms. The fraction of sp³-hybridized carbons (Fsp3) is 0.500. The van der Waals surface area contributed by atoms with Gasteiger partial charge in [0.15, 0.2) is 0 Å². The maximum absolute atomic E-state index is 6.14. The van der Waals surface area contributed by atoms with Crippen molar-refractivity contribution in [3.63, 3.8) is 0 Å². The van der Waals surface area contributed by atoms with E-state index < -0.39 is 0 Å². The molecule has 0 aromatic heterocycles. The first-order valence-electron chi connectivity index (χ1n) is 5.53. The third kappa shape index (κ3) is 3.95. The molecular weight excluding hydrogens is 243 g/mol. The van der Waals surface area contributed by atoms with Crippen LogP contribution in [0.5, 0.6) is 0 Å². The van der Waals surface area contributed by atoms with Crippen LogP contribution < -0.4 is 5.32 Å². The summed E-state index contributed by atoms with van der Waals surface area (Å²) in [6.45, 7) is 5.48. The van der Waals surface area contributed by atoms with Crippen LogP contribution in [0.25, 0.3) is 0 Å². The van der Waals surface area contributed by atoms with Crippen LogP contribution >= 0.6 is 24.0 Å². The van der Waals surface area contributed by atoms with E-state index in [1.54, 1.807) is 0 Å². The Morgan fingerprint density at radius 2 is 2.00 bits per heavy atom. The first kappa shape index (κ1) is 13.8. The predicted octanol–water partition coefficient (Wildman–Crippen LogP) is 2.56. The van der Waals surface area contributed by atoms with Gasteiger partial charge in [-0.15, -0.1) is 12.4 Å². The van der Waals surface area contributed by atoms with E-state index in [1.165, 1.54) is 12.0 Å². The van der Waals surface area contributed by atoms with Crippen molar-refractivity contribution in [2.24, 2.45) is 0 Å². The van der Waals surface area contributed by atoms with E-state index in [1.807, 2.05) is 12.1 Å². The lowest BCUT2D eigenvalue weighted by Crippen LogP contribution is -2.27. The minimum atomic E-state index is 0. The van der Waals surface area contributed by atoms with Crippen LogP contribution in [-0.2, 0) is 6.54 Å². The van der Waals surface area contributed by atoms with Crippen molar-refractivity contribution in [2.45, 2.75) is 13.0 Å². The van der Waals surface area contributed by atoms with Gasteiger partial charge in [-0.3, -0.25) is 4.90 Å². The van der Waals surface area contributed by atoms with Gasteiger partial charge in [-0.1, -0.05) is 29.8 Å². The Hall–Kier alpha value is -0.280. The number of hydrogen-bond donors (Lipinski definition) is 1. The van der Waals surface area contributed by atoms with Crippen molar-refractivity contribution in [3.8, 4) is 0 Å². The summed E-state index contributed by atoms with van der Waals surface area (Å²) < 4.78 is 0. The summed E-state index contributed by atoms with van der Waals surface area (Å²) in [7, 11) is 0. The van der Waals surface area contributed by atoms with Gasteiger partial charge in [-0.05, 0) is 31.1 Å². The topological polar surface area (TPSA) is 15.3 Å². The maximum atomic E-state index is 6.14. The Kier molecular flexibility index (Phi) is 6.14. The van der Waals surface area contributed by atoms with Gasteiger partial charge >= 0.3 is 0 Å². The zero-order valence-corrected chi connectivity index (χ0v) is 10.9. The molecule has 0 spiro atoms. The molecule has 0 bridgehead atoms. The van der Waals surface area contributed by atoms with Gasteiger partial charge in [0.25, 0.3) is 0 Å². The molecule has 1 aliphatic heterocycles. The average Bonchev–Trinajstić information content (AvgIpc) is 2.50. The lowest BCUT2D eigenvalue weighted by Gasteiger charge is -2.19. The summed E-state index contributed by atoms with van der Waals surface area (Å²) >= 11 is 6.14. The number of hydrogen-bond acceptors (Lipinski definition) is 2. The van der Waals surface area contributed by atoms with E-state index in [-0.39, 0.29) is 12.4 Å². The molecule has 0 saturated carbocycles. The monoisotopic (exact) mass is 260 g/mol. The van der Waals surface area contributed by atoms with E-state index in [0.29, 0.717) is 0 Å². The lowest BCUT2D eigenvalue weighted by atomic mass is 10.2. The van der Waals surface area contributed by atoms with Crippen LogP contribution in [0.4, 0.5) is 0 Å². The summed E-state index contributed by atoms with van der Waals surface area (Å²) in [6.07, 6.45) is 1.23. The Morgan fingerprint density at radius 1 is 1.19 bits per heavy atom. The highest BCUT2D eigenvalue weighted by molar-refractivity contribution is 6.31. The maximum Gasteiger partial charge on any atom is 0.0451 e. The number of halogens is 2. The van der Waals surface area contributed by atoms with Gasteiger partial charge in [-0.2, -0.15) is 0 Å². The molecule has 0 unspecified atom stereocenters. The molecule has 0 aliphatic carbocycles. The molecular formula is C12H18Cl2N2. The van der Waals surface area contributed by atoms with Crippen molar-refractivity contribution in [3.05, 3.63) is 34.9 Å². The van der Waals surface area contributed by atoms with Crippen LogP contribution in [0.3, 0.4) is 0 Å². The Labute approximate surface area is 108 Å². The molecule has 2 rings (SSSR count). The minimum absolute atomic E-state index is 0. The molecule has 1 heterocycles. The highest BCUT2D eigenvalue weighted by atomic mass is 35.5. The van der Waals surface area contributed by atoms with Crippen LogP contribution in [0.2, 0.25) is 5.02 Å². The summed E-state index contributed by atoms with van der Waals surface area (Å²) in [5.74, 6) is 0. The molecule has 1 N–H and O–H groups in total. The fourth-order valence-corrected chi connectivity index (χ4v) is 2.12. The molecule has 4 heteroatoms. The second-order valence-electron chi connectivity index (χ2n) is 3.97. The normalized spacial score (nSPS) is 17.6. The van der Waals surface area contributed by atoms with Crippen LogP contribution in [0.1, 0.15) is 12.0 Å². The number of nitrogens with one attached hydrogen (secondary N) is 1. The van der Waals surface area contributed by atoms with Crippen molar-refractivity contribution in [1.29, 1.82) is 0 Å². The lowest BCUT2D eigenvalue weighted by molar-refractivity contribution is 0.284. The molecule has 1 aliphatic rings. The smallest absolute Gasteiger partial charge is 0.0451 e. The highest BCUT2D eigenvalue weighted by Gasteiger charge is 2.10. The van der Waals surface area contributed by atoms with Gasteiger partial charge in [-0.25, -0.2) is 0 Å². The fourth-order valence-electron chi connectivity index (χ4n) is 1.93. The molecule has 0 amide bonds. The van der Waals surface area contributed by atoms with Crippen molar-refractivity contribution in [2.75, 3.05) is 26.2 Å². The largest absolute Gasteiger partial charge is 0.315 e. The van der Waals surface area contributed by atoms with E-state index >= 15 is 0 Å². The molecule has 0 atom stereocenters. The first-order chi connectivity index (χ1) is 7.36. The number of nitrogens with zero attached hydrogens (tertiary/aromatic N) is 1. The SMILES string of the molecule is Cl.Clc1ccccc1CN1CCCNCC1. The Balaban J connectivity index is 0.00000128. The molecule has 1 fully saturated rings. The van der Waals surface area contributed by atoms with Crippen molar-refractivity contribution in [1.82, 2.24) is 10.2 Å². The van der Waals surface area contributed by atoms with E-state index in [0.717, 1.165) is 37.7 Å². The van der Waals surface area contributed by atoms with Gasteiger partial charge < -0.3 is 5.32 Å². The van der Waals surface area contributed by atoms with E-state index in [2.05, 4.69) is 22.3 Å².